The second-order valence-corrected chi connectivity index (χ2v) is 8.88. The first-order chi connectivity index (χ1) is 19.1. The number of hydrogen-bond acceptors (Lipinski definition) is 11. The summed E-state index contributed by atoms with van der Waals surface area (Å²) in [6, 6.07) is 7.15. The normalized spacial score (nSPS) is 17.8. The molecule has 1 saturated heterocycles. The first kappa shape index (κ1) is 31.0. The molecule has 0 spiro atoms. The summed E-state index contributed by atoms with van der Waals surface area (Å²) in [4.78, 5) is 29.5. The molecule has 0 N–H and O–H groups in total. The molecule has 0 bridgehead atoms. The van der Waals surface area contributed by atoms with Crippen LogP contribution in [0.4, 0.5) is 5.69 Å². The number of ether oxygens (including phenoxy) is 6. The smallest absolute Gasteiger partial charge is 0.351 e. The van der Waals surface area contributed by atoms with Gasteiger partial charge in [0.2, 0.25) is 0 Å². The van der Waals surface area contributed by atoms with E-state index in [-0.39, 0.29) is 12.2 Å². The van der Waals surface area contributed by atoms with Gasteiger partial charge in [0.1, 0.15) is 17.8 Å². The number of benzene rings is 1. The molecule has 0 saturated carbocycles. The fourth-order valence-corrected chi connectivity index (χ4v) is 4.08. The highest BCUT2D eigenvalue weighted by atomic mass is 16.6. The monoisotopic (exact) mass is 550 g/mol. The predicted molar refractivity (Wildman–Crippen MR) is 147 cm³/mol. The lowest BCUT2D eigenvalue weighted by Crippen LogP contribution is -2.35. The molecule has 39 heavy (non-hydrogen) atoms. The van der Waals surface area contributed by atoms with E-state index in [1.54, 1.807) is 0 Å². The molecule has 3 rings (SSSR count). The van der Waals surface area contributed by atoms with E-state index < -0.39 is 11.6 Å². The van der Waals surface area contributed by atoms with E-state index in [0.717, 1.165) is 18.8 Å². The highest BCUT2D eigenvalue weighted by Crippen LogP contribution is 2.22. The Morgan fingerprint density at radius 1 is 0.821 bits per heavy atom. The first-order valence-electron chi connectivity index (χ1n) is 13.7. The quantitative estimate of drug-likeness (QED) is 0.374. The van der Waals surface area contributed by atoms with Gasteiger partial charge in [-0.3, -0.25) is 4.90 Å². The lowest BCUT2D eigenvalue weighted by atomic mass is 10.1. The van der Waals surface area contributed by atoms with E-state index in [1.807, 2.05) is 18.2 Å². The number of hydrogen-bond donors (Lipinski definition) is 0. The summed E-state index contributed by atoms with van der Waals surface area (Å²) in [6.45, 7) is 12.7. The van der Waals surface area contributed by atoms with Crippen molar-refractivity contribution in [2.75, 3.05) is 110 Å². The zero-order chi connectivity index (χ0) is 27.7. The maximum absolute atomic E-state index is 12.7. The van der Waals surface area contributed by atoms with Crippen molar-refractivity contribution in [3.05, 3.63) is 40.2 Å². The SMILES string of the molecule is CCN(CC)c1ccc2cc(C(=O)OCCN3CCOCCOCCOCCOCCOCC3)c(=O)oc2c1. The molecule has 1 fully saturated rings. The molecule has 0 amide bonds. The van der Waals surface area contributed by atoms with E-state index in [0.29, 0.717) is 96.7 Å². The van der Waals surface area contributed by atoms with E-state index in [2.05, 4.69) is 23.6 Å². The van der Waals surface area contributed by atoms with Crippen molar-refractivity contribution in [2.24, 2.45) is 0 Å². The molecule has 218 valence electrons. The number of nitrogens with zero attached hydrogens (tertiary/aromatic N) is 2. The average molecular weight is 551 g/mol. The van der Waals surface area contributed by atoms with Crippen molar-refractivity contribution in [1.82, 2.24) is 4.90 Å². The van der Waals surface area contributed by atoms with Gasteiger partial charge in [0.05, 0.1) is 66.1 Å². The molecule has 11 heteroatoms. The summed E-state index contributed by atoms with van der Waals surface area (Å²) in [7, 11) is 0. The lowest BCUT2D eigenvalue weighted by Gasteiger charge is -2.22. The van der Waals surface area contributed by atoms with Crippen molar-refractivity contribution in [2.45, 2.75) is 13.8 Å². The Hall–Kier alpha value is -2.54. The van der Waals surface area contributed by atoms with Crippen molar-refractivity contribution >= 4 is 22.6 Å². The van der Waals surface area contributed by atoms with Crippen LogP contribution in [0.15, 0.2) is 33.5 Å². The van der Waals surface area contributed by atoms with E-state index in [1.165, 1.54) is 6.07 Å². The lowest BCUT2D eigenvalue weighted by molar-refractivity contribution is -0.0196. The van der Waals surface area contributed by atoms with Crippen LogP contribution in [-0.2, 0) is 28.4 Å². The topological polar surface area (TPSA) is 109 Å². The van der Waals surface area contributed by atoms with E-state index in [9.17, 15) is 9.59 Å². The third-order valence-corrected chi connectivity index (χ3v) is 6.30. The average Bonchev–Trinajstić information content (AvgIpc) is 2.94. The fourth-order valence-electron chi connectivity index (χ4n) is 4.08. The van der Waals surface area contributed by atoms with Crippen LogP contribution in [0.2, 0.25) is 0 Å². The van der Waals surface area contributed by atoms with E-state index in [4.69, 9.17) is 32.8 Å². The minimum Gasteiger partial charge on any atom is -0.461 e. The van der Waals surface area contributed by atoms with Crippen LogP contribution in [0.25, 0.3) is 11.0 Å². The minimum atomic E-state index is -0.710. The molecule has 0 atom stereocenters. The molecule has 2 heterocycles. The molecule has 1 aromatic heterocycles. The van der Waals surface area contributed by atoms with Gasteiger partial charge in [-0.05, 0) is 32.0 Å². The second kappa shape index (κ2) is 17.9. The van der Waals surface area contributed by atoms with Gasteiger partial charge in [-0.15, -0.1) is 0 Å². The third-order valence-electron chi connectivity index (χ3n) is 6.30. The van der Waals surface area contributed by atoms with Crippen LogP contribution in [-0.4, -0.2) is 116 Å². The van der Waals surface area contributed by atoms with Crippen LogP contribution in [0.5, 0.6) is 0 Å². The molecule has 0 unspecified atom stereocenters. The molecule has 0 radical (unpaired) electrons. The molecule has 1 aromatic carbocycles. The molecule has 0 aliphatic carbocycles. The molecule has 11 nitrogen and oxygen atoms in total. The van der Waals surface area contributed by atoms with Gasteiger partial charge >= 0.3 is 11.6 Å². The molecule has 1 aliphatic heterocycles. The van der Waals surface area contributed by atoms with Crippen LogP contribution >= 0.6 is 0 Å². The Labute approximate surface area is 229 Å². The maximum atomic E-state index is 12.7. The van der Waals surface area contributed by atoms with Crippen LogP contribution in [0.3, 0.4) is 0 Å². The maximum Gasteiger partial charge on any atom is 0.351 e. The zero-order valence-corrected chi connectivity index (χ0v) is 23.2. The highest BCUT2D eigenvalue weighted by molar-refractivity contribution is 5.93. The number of carbonyl (C=O) groups excluding carboxylic acids is 1. The Bertz CT molecular complexity index is 1020. The van der Waals surface area contributed by atoms with Gasteiger partial charge in [-0.1, -0.05) is 0 Å². The number of carbonyl (C=O) groups is 1. The standard InChI is InChI=1S/C28H42N2O9/c1-3-30(4-2)24-6-5-23-21-25(28(32)39-26(23)22-24)27(31)38-12-9-29-7-10-33-13-15-35-17-19-37-20-18-36-16-14-34-11-8-29/h5-6,21-22H,3-4,7-20H2,1-2H3. The van der Waals surface area contributed by atoms with Gasteiger partial charge < -0.3 is 37.7 Å². The first-order valence-corrected chi connectivity index (χ1v) is 13.7. The Kier molecular flexibility index (Phi) is 14.2. The Morgan fingerprint density at radius 2 is 1.36 bits per heavy atom. The number of esters is 1. The summed E-state index contributed by atoms with van der Waals surface area (Å²) in [6.07, 6.45) is 0. The Morgan fingerprint density at radius 3 is 1.90 bits per heavy atom. The van der Waals surface area contributed by atoms with Gasteiger partial charge in [0.15, 0.2) is 0 Å². The van der Waals surface area contributed by atoms with Crippen molar-refractivity contribution < 1.29 is 37.6 Å². The van der Waals surface area contributed by atoms with Crippen LogP contribution in [0.1, 0.15) is 24.2 Å². The van der Waals surface area contributed by atoms with Gasteiger partial charge in [0.25, 0.3) is 0 Å². The summed E-state index contributed by atoms with van der Waals surface area (Å²) in [5, 5.41) is 0.667. The second-order valence-electron chi connectivity index (χ2n) is 8.88. The summed E-state index contributed by atoms with van der Waals surface area (Å²) in [5.74, 6) is -0.703. The zero-order valence-electron chi connectivity index (χ0n) is 23.2. The largest absolute Gasteiger partial charge is 0.461 e. The van der Waals surface area contributed by atoms with Crippen molar-refractivity contribution in [3.8, 4) is 0 Å². The van der Waals surface area contributed by atoms with Gasteiger partial charge in [0, 0.05) is 49.9 Å². The van der Waals surface area contributed by atoms with Crippen molar-refractivity contribution in [1.29, 1.82) is 0 Å². The summed E-state index contributed by atoms with van der Waals surface area (Å²) in [5.41, 5.74) is 0.574. The Balaban J connectivity index is 1.51. The minimum absolute atomic E-state index is 0.115. The highest BCUT2D eigenvalue weighted by Gasteiger charge is 2.17. The van der Waals surface area contributed by atoms with E-state index >= 15 is 0 Å². The van der Waals surface area contributed by atoms with Crippen molar-refractivity contribution in [3.63, 3.8) is 0 Å². The number of fused-ring (bicyclic) bond motifs is 1. The molecule has 1 aliphatic rings. The van der Waals surface area contributed by atoms with Crippen LogP contribution < -0.4 is 10.5 Å². The number of rotatable bonds is 7. The molecular formula is C28H42N2O9. The van der Waals surface area contributed by atoms with Crippen LogP contribution in [0, 0.1) is 0 Å². The summed E-state index contributed by atoms with van der Waals surface area (Å²) < 4.78 is 38.6. The fraction of sp³-hybridized carbons (Fsp3) is 0.643. The predicted octanol–water partition coefficient (Wildman–Crippen LogP) is 2.19. The summed E-state index contributed by atoms with van der Waals surface area (Å²) >= 11 is 0. The molecule has 2 aromatic rings. The van der Waals surface area contributed by atoms with Gasteiger partial charge in [-0.2, -0.15) is 0 Å². The number of anilines is 1. The van der Waals surface area contributed by atoms with Gasteiger partial charge in [-0.25, -0.2) is 9.59 Å². The molecular weight excluding hydrogens is 508 g/mol. The third kappa shape index (κ3) is 10.9.